The minimum absolute atomic E-state index is 0.0455. The summed E-state index contributed by atoms with van der Waals surface area (Å²) in [7, 11) is 0. The van der Waals surface area contributed by atoms with Crippen LogP contribution in [0, 0.1) is 5.82 Å². The van der Waals surface area contributed by atoms with Gasteiger partial charge in [-0.1, -0.05) is 23.7 Å². The summed E-state index contributed by atoms with van der Waals surface area (Å²) >= 11 is 5.85. The molecule has 0 aliphatic rings. The molecule has 0 radical (unpaired) electrons. The maximum atomic E-state index is 13.0. The number of hydrogen-bond acceptors (Lipinski definition) is 5. The van der Waals surface area contributed by atoms with Crippen LogP contribution in [-0.2, 0) is 13.3 Å². The molecule has 2 heterocycles. The first-order chi connectivity index (χ1) is 14.6. The number of halogens is 2. The molecule has 4 aromatic rings. The molecule has 0 aliphatic heterocycles. The van der Waals surface area contributed by atoms with Gasteiger partial charge in [-0.2, -0.15) is 5.10 Å². The molecule has 0 spiro atoms. The molecule has 30 heavy (non-hydrogen) atoms. The highest BCUT2D eigenvalue weighted by Gasteiger charge is 2.15. The zero-order chi connectivity index (χ0) is 20.9. The summed E-state index contributed by atoms with van der Waals surface area (Å²) in [6.45, 7) is 0.444. The van der Waals surface area contributed by atoms with Crippen LogP contribution in [0.5, 0.6) is 5.75 Å². The van der Waals surface area contributed by atoms with E-state index in [9.17, 15) is 9.18 Å². The van der Waals surface area contributed by atoms with Gasteiger partial charge in [0.25, 0.3) is 5.91 Å². The van der Waals surface area contributed by atoms with Gasteiger partial charge >= 0.3 is 0 Å². The van der Waals surface area contributed by atoms with Crippen molar-refractivity contribution < 1.29 is 13.9 Å². The van der Waals surface area contributed by atoms with Gasteiger partial charge < -0.3 is 4.74 Å². The monoisotopic (exact) mass is 426 g/mol. The molecule has 0 fully saturated rings. The number of amides is 1. The fraction of sp³-hybridized carbons (Fsp3) is 0.100. The molecule has 2 aromatic carbocycles. The molecule has 1 N–H and O–H groups in total. The Kier molecular flexibility index (Phi) is 5.71. The van der Waals surface area contributed by atoms with E-state index >= 15 is 0 Å². The largest absolute Gasteiger partial charge is 0.471 e. The van der Waals surface area contributed by atoms with Gasteiger partial charge in [0.1, 0.15) is 23.6 Å². The number of hydrogen-bond donors (Lipinski definition) is 1. The molecule has 0 unspecified atom stereocenters. The number of nitrogens with one attached hydrogen (secondary N) is 1. The van der Waals surface area contributed by atoms with Crippen LogP contribution in [0.15, 0.2) is 67.1 Å². The van der Waals surface area contributed by atoms with Crippen molar-refractivity contribution >= 4 is 23.5 Å². The summed E-state index contributed by atoms with van der Waals surface area (Å²) in [6.07, 6.45) is 2.99. The molecule has 4 rings (SSSR count). The SMILES string of the molecule is O=C(Nc1ncn(Cc2ccc(F)cc2)n1)c1ccnn1COc1ccc(Cl)cc1. The van der Waals surface area contributed by atoms with Gasteiger partial charge in [0, 0.05) is 11.2 Å². The molecular formula is C20H16ClFN6O2. The smallest absolute Gasteiger partial charge is 0.276 e. The zero-order valence-corrected chi connectivity index (χ0v) is 16.3. The highest BCUT2D eigenvalue weighted by Crippen LogP contribution is 2.16. The van der Waals surface area contributed by atoms with E-state index < -0.39 is 5.91 Å². The summed E-state index contributed by atoms with van der Waals surface area (Å²) < 4.78 is 21.6. The lowest BCUT2D eigenvalue weighted by Gasteiger charge is -2.09. The third kappa shape index (κ3) is 4.81. The Morgan fingerprint density at radius 3 is 2.63 bits per heavy atom. The Morgan fingerprint density at radius 1 is 1.10 bits per heavy atom. The summed E-state index contributed by atoms with van der Waals surface area (Å²) in [5.41, 5.74) is 1.15. The van der Waals surface area contributed by atoms with Gasteiger partial charge in [0.05, 0.1) is 6.54 Å². The number of aromatic nitrogens is 5. The van der Waals surface area contributed by atoms with Crippen molar-refractivity contribution in [2.45, 2.75) is 13.3 Å². The van der Waals surface area contributed by atoms with Crippen LogP contribution in [-0.4, -0.2) is 30.5 Å². The van der Waals surface area contributed by atoms with Crippen LogP contribution >= 0.6 is 11.6 Å². The molecule has 0 bridgehead atoms. The Bertz CT molecular complexity index is 1140. The Balaban J connectivity index is 1.37. The average molecular weight is 427 g/mol. The number of carbonyl (C=O) groups excluding carboxylic acids is 1. The zero-order valence-electron chi connectivity index (χ0n) is 15.6. The number of ether oxygens (including phenoxy) is 1. The number of anilines is 1. The average Bonchev–Trinajstić information content (AvgIpc) is 3.39. The van der Waals surface area contributed by atoms with Gasteiger partial charge in [-0.15, -0.1) is 5.10 Å². The molecule has 2 aromatic heterocycles. The molecule has 0 atom stereocenters. The minimum Gasteiger partial charge on any atom is -0.471 e. The van der Waals surface area contributed by atoms with Crippen molar-refractivity contribution in [3.8, 4) is 5.75 Å². The number of rotatable bonds is 7. The summed E-state index contributed by atoms with van der Waals surface area (Å²) in [4.78, 5) is 16.7. The third-order valence-electron chi connectivity index (χ3n) is 4.14. The van der Waals surface area contributed by atoms with Gasteiger partial charge in [-0.25, -0.2) is 18.7 Å². The minimum atomic E-state index is -0.424. The number of carbonyl (C=O) groups is 1. The fourth-order valence-electron chi connectivity index (χ4n) is 2.67. The van der Waals surface area contributed by atoms with Gasteiger partial charge in [-0.3, -0.25) is 10.1 Å². The van der Waals surface area contributed by atoms with Crippen molar-refractivity contribution in [3.63, 3.8) is 0 Å². The van der Waals surface area contributed by atoms with Crippen molar-refractivity contribution in [2.75, 3.05) is 5.32 Å². The van der Waals surface area contributed by atoms with Crippen LogP contribution in [0.2, 0.25) is 5.02 Å². The molecule has 1 amide bonds. The second-order valence-electron chi connectivity index (χ2n) is 6.29. The summed E-state index contributed by atoms with van der Waals surface area (Å²) in [5.74, 6) is 0.0182. The fourth-order valence-corrected chi connectivity index (χ4v) is 2.79. The highest BCUT2D eigenvalue weighted by atomic mass is 35.5. The van der Waals surface area contributed by atoms with E-state index in [-0.39, 0.29) is 18.5 Å². The molecule has 0 saturated heterocycles. The second kappa shape index (κ2) is 8.75. The predicted molar refractivity (Wildman–Crippen MR) is 108 cm³/mol. The lowest BCUT2D eigenvalue weighted by Crippen LogP contribution is -2.20. The van der Waals surface area contributed by atoms with Crippen molar-refractivity contribution in [2.24, 2.45) is 0 Å². The van der Waals surface area contributed by atoms with E-state index in [4.69, 9.17) is 16.3 Å². The lowest BCUT2D eigenvalue weighted by molar-refractivity contribution is 0.100. The molecule has 152 valence electrons. The Labute approximate surface area is 175 Å². The topological polar surface area (TPSA) is 86.9 Å². The van der Waals surface area contributed by atoms with Crippen molar-refractivity contribution in [3.05, 3.63) is 89.2 Å². The highest BCUT2D eigenvalue weighted by molar-refractivity contribution is 6.30. The predicted octanol–water partition coefficient (Wildman–Crippen LogP) is 3.60. The number of benzene rings is 2. The van der Waals surface area contributed by atoms with E-state index in [0.29, 0.717) is 23.0 Å². The van der Waals surface area contributed by atoms with Gasteiger partial charge in [0.2, 0.25) is 5.95 Å². The van der Waals surface area contributed by atoms with Gasteiger partial charge in [0.15, 0.2) is 6.73 Å². The maximum Gasteiger partial charge on any atom is 0.276 e. The van der Waals surface area contributed by atoms with Gasteiger partial charge in [-0.05, 0) is 48.0 Å². The quantitative estimate of drug-likeness (QED) is 0.488. The van der Waals surface area contributed by atoms with E-state index in [1.807, 2.05) is 0 Å². The Hall–Kier alpha value is -3.72. The van der Waals surface area contributed by atoms with E-state index in [1.54, 1.807) is 47.1 Å². The van der Waals surface area contributed by atoms with Crippen LogP contribution in [0.1, 0.15) is 16.1 Å². The lowest BCUT2D eigenvalue weighted by atomic mass is 10.2. The first kappa shape index (κ1) is 19.6. The third-order valence-corrected chi connectivity index (χ3v) is 4.39. The van der Waals surface area contributed by atoms with E-state index in [0.717, 1.165) is 5.56 Å². The Morgan fingerprint density at radius 2 is 1.87 bits per heavy atom. The van der Waals surface area contributed by atoms with E-state index in [2.05, 4.69) is 20.5 Å². The van der Waals surface area contributed by atoms with Crippen molar-refractivity contribution in [1.82, 2.24) is 24.5 Å². The van der Waals surface area contributed by atoms with Crippen LogP contribution in [0.4, 0.5) is 10.3 Å². The van der Waals surface area contributed by atoms with Crippen LogP contribution in [0.3, 0.4) is 0 Å². The standard InChI is InChI=1S/C20H16ClFN6O2/c21-15-3-7-17(8-4-15)30-13-28-18(9-10-24-28)19(29)25-20-23-12-27(26-20)11-14-1-5-16(22)6-2-14/h1-10,12H,11,13H2,(H,25,26,29). The van der Waals surface area contributed by atoms with Crippen molar-refractivity contribution in [1.29, 1.82) is 0 Å². The molecular weight excluding hydrogens is 411 g/mol. The summed E-state index contributed by atoms with van der Waals surface area (Å²) in [6, 6.07) is 14.5. The summed E-state index contributed by atoms with van der Waals surface area (Å²) in [5, 5.41) is 11.6. The normalized spacial score (nSPS) is 10.7. The number of nitrogens with zero attached hydrogens (tertiary/aromatic N) is 5. The first-order valence-corrected chi connectivity index (χ1v) is 9.30. The first-order valence-electron chi connectivity index (χ1n) is 8.92. The molecule has 8 nitrogen and oxygen atoms in total. The van der Waals surface area contributed by atoms with Crippen LogP contribution in [0.25, 0.3) is 0 Å². The second-order valence-corrected chi connectivity index (χ2v) is 6.73. The van der Waals surface area contributed by atoms with Crippen LogP contribution < -0.4 is 10.1 Å². The maximum absolute atomic E-state index is 13.0. The van der Waals surface area contributed by atoms with E-state index in [1.165, 1.54) is 29.3 Å². The molecule has 0 aliphatic carbocycles. The molecule has 0 saturated carbocycles. The molecule has 10 heteroatoms.